The van der Waals surface area contributed by atoms with Crippen LogP contribution < -0.4 is 5.32 Å². The molecule has 0 aromatic heterocycles. The van der Waals surface area contributed by atoms with E-state index in [-0.39, 0.29) is 16.7 Å². The molecule has 0 aromatic rings. The number of carbonyl (C=O) groups is 1. The van der Waals surface area contributed by atoms with Crippen molar-refractivity contribution < 1.29 is 4.79 Å². The average Bonchev–Trinajstić information content (AvgIpc) is 2.85. The van der Waals surface area contributed by atoms with Crippen molar-refractivity contribution in [2.24, 2.45) is 22.7 Å². The topological polar surface area (TPSA) is 32.3 Å². The monoisotopic (exact) mass is 294 g/mol. The van der Waals surface area contributed by atoms with E-state index >= 15 is 0 Å². The number of hydrogen-bond acceptors (Lipinski definition) is 2. The predicted octanol–water partition coefficient (Wildman–Crippen LogP) is 3.30. The van der Waals surface area contributed by atoms with Gasteiger partial charge in [-0.25, -0.2) is 0 Å². The smallest absolute Gasteiger partial charge is 0.226 e. The summed E-state index contributed by atoms with van der Waals surface area (Å²) in [5, 5.41) is 3.67. The largest absolute Gasteiger partial charge is 0.342 e. The van der Waals surface area contributed by atoms with Gasteiger partial charge in [-0.3, -0.25) is 4.79 Å². The van der Waals surface area contributed by atoms with E-state index in [0.717, 1.165) is 32.5 Å². The molecule has 1 heterocycles. The van der Waals surface area contributed by atoms with Crippen LogP contribution in [0.15, 0.2) is 0 Å². The second-order valence-electron chi connectivity index (χ2n) is 8.18. The van der Waals surface area contributed by atoms with Gasteiger partial charge in [0.15, 0.2) is 0 Å². The number of hydrogen-bond donors (Lipinski definition) is 1. The van der Waals surface area contributed by atoms with Crippen LogP contribution in [-0.4, -0.2) is 36.5 Å². The number of likely N-dealkylation sites (tertiary alicyclic amines) is 1. The summed E-state index contributed by atoms with van der Waals surface area (Å²) in [6, 6.07) is 0.597. The van der Waals surface area contributed by atoms with Crippen LogP contribution in [0, 0.1) is 22.7 Å². The molecule has 0 radical (unpaired) electrons. The van der Waals surface area contributed by atoms with Crippen LogP contribution in [-0.2, 0) is 4.79 Å². The van der Waals surface area contributed by atoms with Crippen LogP contribution in [0.1, 0.15) is 60.8 Å². The molecule has 0 aromatic carbocycles. The molecule has 2 atom stereocenters. The van der Waals surface area contributed by atoms with Gasteiger partial charge >= 0.3 is 0 Å². The fourth-order valence-corrected chi connectivity index (χ4v) is 4.24. The zero-order chi connectivity index (χ0) is 15.8. The lowest BCUT2D eigenvalue weighted by Crippen LogP contribution is -2.51. The fourth-order valence-electron chi connectivity index (χ4n) is 4.24. The van der Waals surface area contributed by atoms with Crippen molar-refractivity contribution >= 4 is 5.91 Å². The van der Waals surface area contributed by atoms with Crippen molar-refractivity contribution in [1.82, 2.24) is 10.2 Å². The summed E-state index contributed by atoms with van der Waals surface area (Å²) in [5.74, 6) is 1.22. The van der Waals surface area contributed by atoms with Gasteiger partial charge in [0.25, 0.3) is 0 Å². The first-order valence-electron chi connectivity index (χ1n) is 8.79. The molecular weight excluding hydrogens is 260 g/mol. The average molecular weight is 294 g/mol. The molecule has 1 aliphatic carbocycles. The van der Waals surface area contributed by atoms with Gasteiger partial charge in [-0.05, 0) is 36.1 Å². The van der Waals surface area contributed by atoms with E-state index in [0.29, 0.717) is 17.9 Å². The highest BCUT2D eigenvalue weighted by Gasteiger charge is 2.68. The van der Waals surface area contributed by atoms with Gasteiger partial charge in [-0.1, -0.05) is 48.0 Å². The third-order valence-electron chi connectivity index (χ3n) is 6.49. The maximum atomic E-state index is 12.9. The van der Waals surface area contributed by atoms with Crippen LogP contribution in [0.4, 0.5) is 0 Å². The van der Waals surface area contributed by atoms with E-state index < -0.39 is 0 Å². The molecule has 0 bridgehead atoms. The minimum atomic E-state index is 0.156. The SMILES string of the molecule is CCCNC1CCN(C(=O)C2C(C)(C)C2(C)C)CC1CC. The Balaban J connectivity index is 1.96. The minimum Gasteiger partial charge on any atom is -0.342 e. The number of carbonyl (C=O) groups excluding carboxylic acids is 1. The molecule has 2 aliphatic rings. The molecule has 1 aliphatic heterocycles. The third kappa shape index (κ3) is 2.86. The number of nitrogens with one attached hydrogen (secondary N) is 1. The van der Waals surface area contributed by atoms with Crippen molar-refractivity contribution in [3.05, 3.63) is 0 Å². The van der Waals surface area contributed by atoms with Gasteiger partial charge < -0.3 is 10.2 Å². The lowest BCUT2D eigenvalue weighted by molar-refractivity contribution is -0.136. The molecule has 1 amide bonds. The molecule has 2 unspecified atom stereocenters. The molecule has 3 heteroatoms. The Kier molecular flexibility index (Phi) is 4.72. The second kappa shape index (κ2) is 5.91. The standard InChI is InChI=1S/C18H34N2O/c1-7-10-19-14-9-11-20(12-13(14)8-2)16(21)15-17(3,4)18(15,5)6/h13-15,19H,7-12H2,1-6H3. The van der Waals surface area contributed by atoms with E-state index in [1.807, 2.05) is 0 Å². The van der Waals surface area contributed by atoms with Crippen LogP contribution >= 0.6 is 0 Å². The quantitative estimate of drug-likeness (QED) is 0.844. The normalized spacial score (nSPS) is 31.2. The van der Waals surface area contributed by atoms with Crippen LogP contribution in [0.2, 0.25) is 0 Å². The molecule has 1 saturated carbocycles. The van der Waals surface area contributed by atoms with Crippen molar-refractivity contribution in [3.8, 4) is 0 Å². The maximum Gasteiger partial charge on any atom is 0.226 e. The Hall–Kier alpha value is -0.570. The van der Waals surface area contributed by atoms with E-state index in [1.165, 1.54) is 6.42 Å². The molecule has 122 valence electrons. The molecule has 2 fully saturated rings. The first-order valence-corrected chi connectivity index (χ1v) is 8.79. The van der Waals surface area contributed by atoms with Gasteiger partial charge in [-0.2, -0.15) is 0 Å². The number of piperidine rings is 1. The van der Waals surface area contributed by atoms with Crippen LogP contribution in [0.25, 0.3) is 0 Å². The fraction of sp³-hybridized carbons (Fsp3) is 0.944. The predicted molar refractivity (Wildman–Crippen MR) is 88.1 cm³/mol. The van der Waals surface area contributed by atoms with Gasteiger partial charge in [0.2, 0.25) is 5.91 Å². The lowest BCUT2D eigenvalue weighted by atomic mass is 9.89. The summed E-state index contributed by atoms with van der Waals surface area (Å²) in [6.07, 6.45) is 3.44. The molecule has 0 spiro atoms. The zero-order valence-corrected chi connectivity index (χ0v) is 14.8. The molecule has 3 nitrogen and oxygen atoms in total. The first-order chi connectivity index (χ1) is 9.77. The van der Waals surface area contributed by atoms with E-state index in [4.69, 9.17) is 0 Å². The van der Waals surface area contributed by atoms with Crippen molar-refractivity contribution in [1.29, 1.82) is 0 Å². The molecule has 2 rings (SSSR count). The highest BCUT2D eigenvalue weighted by molar-refractivity contribution is 5.84. The third-order valence-corrected chi connectivity index (χ3v) is 6.49. The van der Waals surface area contributed by atoms with Gasteiger partial charge in [0.1, 0.15) is 0 Å². The number of rotatable bonds is 5. The summed E-state index contributed by atoms with van der Waals surface area (Å²) >= 11 is 0. The number of nitrogens with zero attached hydrogens (tertiary/aromatic N) is 1. The molecule has 1 N–H and O–H groups in total. The van der Waals surface area contributed by atoms with Crippen molar-refractivity contribution in [2.45, 2.75) is 66.8 Å². The Morgan fingerprint density at radius 3 is 2.29 bits per heavy atom. The zero-order valence-electron chi connectivity index (χ0n) is 14.8. The highest BCUT2D eigenvalue weighted by Crippen LogP contribution is 2.68. The second-order valence-corrected chi connectivity index (χ2v) is 8.18. The number of amides is 1. The summed E-state index contributed by atoms with van der Waals surface area (Å²) in [7, 11) is 0. The van der Waals surface area contributed by atoms with Crippen molar-refractivity contribution in [2.75, 3.05) is 19.6 Å². The summed E-state index contributed by atoms with van der Waals surface area (Å²) in [4.78, 5) is 15.0. The van der Waals surface area contributed by atoms with E-state index in [1.54, 1.807) is 0 Å². The summed E-state index contributed by atoms with van der Waals surface area (Å²) in [6.45, 7) is 16.4. The molecular formula is C18H34N2O. The Morgan fingerprint density at radius 1 is 1.19 bits per heavy atom. The highest BCUT2D eigenvalue weighted by atomic mass is 16.2. The van der Waals surface area contributed by atoms with E-state index in [2.05, 4.69) is 51.8 Å². The van der Waals surface area contributed by atoms with Gasteiger partial charge in [-0.15, -0.1) is 0 Å². The van der Waals surface area contributed by atoms with Crippen LogP contribution in [0.3, 0.4) is 0 Å². The first kappa shape index (κ1) is 16.8. The lowest BCUT2D eigenvalue weighted by Gasteiger charge is -2.39. The Morgan fingerprint density at radius 2 is 1.81 bits per heavy atom. The van der Waals surface area contributed by atoms with Crippen LogP contribution in [0.5, 0.6) is 0 Å². The Labute approximate surface area is 130 Å². The molecule has 1 saturated heterocycles. The Bertz CT molecular complexity index is 375. The van der Waals surface area contributed by atoms with E-state index in [9.17, 15) is 4.79 Å². The molecule has 21 heavy (non-hydrogen) atoms. The minimum absolute atomic E-state index is 0.156. The van der Waals surface area contributed by atoms with Crippen molar-refractivity contribution in [3.63, 3.8) is 0 Å². The summed E-state index contributed by atoms with van der Waals surface area (Å²) in [5.41, 5.74) is 0.312. The maximum absolute atomic E-state index is 12.9. The summed E-state index contributed by atoms with van der Waals surface area (Å²) < 4.78 is 0. The van der Waals surface area contributed by atoms with Gasteiger partial charge in [0.05, 0.1) is 0 Å². The van der Waals surface area contributed by atoms with Gasteiger partial charge in [0, 0.05) is 25.0 Å².